The van der Waals surface area contributed by atoms with Crippen LogP contribution in [0.1, 0.15) is 43.3 Å². The Bertz CT molecular complexity index is 578. The predicted molar refractivity (Wildman–Crippen MR) is 91.9 cm³/mol. The van der Waals surface area contributed by atoms with Crippen molar-refractivity contribution in [2.24, 2.45) is 0 Å². The second kappa shape index (κ2) is 8.39. The van der Waals surface area contributed by atoms with Gasteiger partial charge < -0.3 is 20.7 Å². The lowest BCUT2D eigenvalue weighted by atomic mass is 10.1. The molecule has 0 aromatic carbocycles. The minimum Gasteiger partial charge on any atom is -0.374 e. The first kappa shape index (κ1) is 17.1. The Morgan fingerprint density at radius 2 is 2.08 bits per heavy atom. The Morgan fingerprint density at radius 3 is 2.96 bits per heavy atom. The van der Waals surface area contributed by atoms with Crippen molar-refractivity contribution in [1.29, 1.82) is 0 Å². The van der Waals surface area contributed by atoms with Gasteiger partial charge in [-0.15, -0.1) is 0 Å². The minimum atomic E-state index is -0.220. The van der Waals surface area contributed by atoms with Gasteiger partial charge in [-0.25, -0.2) is 9.97 Å². The summed E-state index contributed by atoms with van der Waals surface area (Å²) in [4.78, 5) is 21.6. The summed E-state index contributed by atoms with van der Waals surface area (Å²) in [5, 5.41) is 9.77. The van der Waals surface area contributed by atoms with E-state index in [1.165, 1.54) is 0 Å². The van der Waals surface area contributed by atoms with E-state index in [4.69, 9.17) is 4.74 Å². The molecule has 0 unspecified atom stereocenters. The van der Waals surface area contributed by atoms with E-state index in [9.17, 15) is 4.79 Å². The van der Waals surface area contributed by atoms with E-state index in [2.05, 4.69) is 25.9 Å². The van der Waals surface area contributed by atoms with Gasteiger partial charge in [0.1, 0.15) is 18.5 Å². The molecule has 3 rings (SSSR count). The van der Waals surface area contributed by atoms with Crippen molar-refractivity contribution in [2.75, 3.05) is 31.6 Å². The molecule has 7 heteroatoms. The van der Waals surface area contributed by atoms with Crippen LogP contribution in [0.15, 0.2) is 0 Å². The normalized spacial score (nSPS) is 21.4. The Kier molecular flexibility index (Phi) is 5.98. The van der Waals surface area contributed by atoms with Crippen LogP contribution < -0.4 is 16.0 Å². The summed E-state index contributed by atoms with van der Waals surface area (Å²) >= 11 is 0. The molecule has 2 aliphatic rings. The molecule has 132 valence electrons. The van der Waals surface area contributed by atoms with E-state index in [0.717, 1.165) is 68.8 Å². The van der Waals surface area contributed by atoms with E-state index >= 15 is 0 Å². The van der Waals surface area contributed by atoms with Gasteiger partial charge in [0.25, 0.3) is 0 Å². The molecule has 1 aromatic rings. The third kappa shape index (κ3) is 4.21. The number of carbonyl (C=O) groups excluding carboxylic acids is 1. The first-order chi connectivity index (χ1) is 11.8. The van der Waals surface area contributed by atoms with Crippen molar-refractivity contribution >= 4 is 11.7 Å². The Balaban J connectivity index is 1.87. The van der Waals surface area contributed by atoms with E-state index in [-0.39, 0.29) is 11.9 Å². The zero-order valence-corrected chi connectivity index (χ0v) is 14.4. The highest BCUT2D eigenvalue weighted by molar-refractivity contribution is 5.84. The number of ether oxygens (including phenoxy) is 1. The molecule has 1 atom stereocenters. The number of amides is 1. The lowest BCUT2D eigenvalue weighted by molar-refractivity contribution is -0.121. The molecule has 1 aromatic heterocycles. The fourth-order valence-corrected chi connectivity index (χ4v) is 3.22. The number of carbonyl (C=O) groups is 1. The second-order valence-corrected chi connectivity index (χ2v) is 6.28. The van der Waals surface area contributed by atoms with Crippen LogP contribution in [0.3, 0.4) is 0 Å². The molecule has 24 heavy (non-hydrogen) atoms. The number of fused-ring (bicyclic) bond motifs is 1. The van der Waals surface area contributed by atoms with Gasteiger partial charge in [-0.3, -0.25) is 4.79 Å². The zero-order valence-electron chi connectivity index (χ0n) is 14.4. The number of aromatic nitrogens is 2. The van der Waals surface area contributed by atoms with Gasteiger partial charge in [-0.05, 0) is 39.2 Å². The first-order valence-corrected chi connectivity index (χ1v) is 8.99. The van der Waals surface area contributed by atoms with Crippen LogP contribution in [0.4, 0.5) is 5.82 Å². The van der Waals surface area contributed by atoms with Crippen LogP contribution in [0.2, 0.25) is 0 Å². The molecule has 0 radical (unpaired) electrons. The van der Waals surface area contributed by atoms with Crippen LogP contribution in [-0.4, -0.2) is 48.2 Å². The van der Waals surface area contributed by atoms with Gasteiger partial charge >= 0.3 is 0 Å². The summed E-state index contributed by atoms with van der Waals surface area (Å²) in [6.07, 6.45) is 4.66. The molecule has 0 saturated carbocycles. The second-order valence-electron chi connectivity index (χ2n) is 6.28. The number of hydrogen-bond donors (Lipinski definition) is 3. The van der Waals surface area contributed by atoms with Crippen molar-refractivity contribution in [3.8, 4) is 0 Å². The molecule has 1 saturated heterocycles. The quantitative estimate of drug-likeness (QED) is 0.738. The number of anilines is 1. The maximum atomic E-state index is 12.3. The van der Waals surface area contributed by atoms with Crippen molar-refractivity contribution in [2.45, 2.75) is 51.7 Å². The molecule has 0 bridgehead atoms. The van der Waals surface area contributed by atoms with Crippen LogP contribution in [0.25, 0.3) is 0 Å². The molecule has 1 amide bonds. The highest BCUT2D eigenvalue weighted by atomic mass is 16.5. The summed E-state index contributed by atoms with van der Waals surface area (Å²) in [7, 11) is 0. The summed E-state index contributed by atoms with van der Waals surface area (Å²) in [5.41, 5.74) is 2.21. The number of hydrogen-bond acceptors (Lipinski definition) is 6. The van der Waals surface area contributed by atoms with Gasteiger partial charge in [0, 0.05) is 31.7 Å². The summed E-state index contributed by atoms with van der Waals surface area (Å²) in [5.74, 6) is 1.56. The average molecular weight is 333 g/mol. The van der Waals surface area contributed by atoms with Crippen LogP contribution in [-0.2, 0) is 29.0 Å². The van der Waals surface area contributed by atoms with Crippen LogP contribution in [0, 0.1) is 0 Å². The molecule has 3 heterocycles. The van der Waals surface area contributed by atoms with Crippen LogP contribution in [0.5, 0.6) is 0 Å². The Morgan fingerprint density at radius 1 is 1.21 bits per heavy atom. The number of rotatable bonds is 5. The van der Waals surface area contributed by atoms with Gasteiger partial charge in [-0.2, -0.15) is 0 Å². The van der Waals surface area contributed by atoms with E-state index < -0.39 is 0 Å². The molecular weight excluding hydrogens is 306 g/mol. The smallest absolute Gasteiger partial charge is 0.242 e. The Labute approximate surface area is 143 Å². The van der Waals surface area contributed by atoms with Crippen molar-refractivity contribution in [1.82, 2.24) is 20.6 Å². The molecule has 2 aliphatic heterocycles. The van der Waals surface area contributed by atoms with Gasteiger partial charge in [0.15, 0.2) is 5.82 Å². The van der Waals surface area contributed by atoms with E-state index in [1.54, 1.807) is 0 Å². The van der Waals surface area contributed by atoms with Gasteiger partial charge in [0.05, 0.1) is 5.69 Å². The molecular formula is C17H27N5O2. The lowest BCUT2D eigenvalue weighted by Gasteiger charge is -2.20. The zero-order chi connectivity index (χ0) is 16.8. The number of nitrogens with zero attached hydrogens (tertiary/aromatic N) is 2. The molecule has 3 N–H and O–H groups in total. The number of nitrogens with one attached hydrogen (secondary N) is 3. The van der Waals surface area contributed by atoms with Crippen LogP contribution >= 0.6 is 0 Å². The highest BCUT2D eigenvalue weighted by Crippen LogP contribution is 2.22. The predicted octanol–water partition coefficient (Wildman–Crippen LogP) is 0.782. The van der Waals surface area contributed by atoms with E-state index in [1.807, 2.05) is 6.92 Å². The first-order valence-electron chi connectivity index (χ1n) is 8.99. The molecule has 0 aliphatic carbocycles. The molecule has 7 nitrogen and oxygen atoms in total. The topological polar surface area (TPSA) is 88.2 Å². The molecule has 1 fully saturated rings. The largest absolute Gasteiger partial charge is 0.374 e. The maximum Gasteiger partial charge on any atom is 0.242 e. The minimum absolute atomic E-state index is 0.0676. The monoisotopic (exact) mass is 333 g/mol. The van der Waals surface area contributed by atoms with Gasteiger partial charge in [-0.1, -0.05) is 0 Å². The third-order valence-electron chi connectivity index (χ3n) is 4.51. The fourth-order valence-electron chi connectivity index (χ4n) is 3.22. The molecule has 0 spiro atoms. The maximum absolute atomic E-state index is 12.3. The SMILES string of the molecule is CCOCc1nc2c(c(N[C@@H]3CCCCNC3=O)n1)CCNCC2. The summed E-state index contributed by atoms with van der Waals surface area (Å²) in [6.45, 7) is 5.59. The third-order valence-corrected chi connectivity index (χ3v) is 4.51. The average Bonchev–Trinajstić information content (AvgIpc) is 2.94. The van der Waals surface area contributed by atoms with E-state index in [0.29, 0.717) is 19.0 Å². The Hall–Kier alpha value is -1.73. The summed E-state index contributed by atoms with van der Waals surface area (Å²) < 4.78 is 5.48. The van der Waals surface area contributed by atoms with Crippen molar-refractivity contribution in [3.63, 3.8) is 0 Å². The standard InChI is InChI=1S/C17H27N5O2/c1-2-24-11-15-20-13-7-10-18-9-6-12(13)16(22-15)21-14-5-3-4-8-19-17(14)23/h14,18H,2-11H2,1H3,(H,19,23)(H,20,21,22)/t14-/m1/s1. The highest BCUT2D eigenvalue weighted by Gasteiger charge is 2.24. The summed E-state index contributed by atoms with van der Waals surface area (Å²) in [6, 6.07) is -0.220. The van der Waals surface area contributed by atoms with Gasteiger partial charge in [0.2, 0.25) is 5.91 Å². The lowest BCUT2D eigenvalue weighted by Crippen LogP contribution is -2.38. The van der Waals surface area contributed by atoms with Crippen molar-refractivity contribution in [3.05, 3.63) is 17.1 Å². The fraction of sp³-hybridized carbons (Fsp3) is 0.706. The van der Waals surface area contributed by atoms with Crippen molar-refractivity contribution < 1.29 is 9.53 Å².